The van der Waals surface area contributed by atoms with Gasteiger partial charge in [-0.2, -0.15) is 11.8 Å². The van der Waals surface area contributed by atoms with Crippen molar-refractivity contribution in [3.8, 4) is 0 Å². The van der Waals surface area contributed by atoms with Crippen molar-refractivity contribution in [2.75, 3.05) is 51.6 Å². The van der Waals surface area contributed by atoms with Gasteiger partial charge in [0.15, 0.2) is 0 Å². The number of amides is 1. The summed E-state index contributed by atoms with van der Waals surface area (Å²) in [6.07, 6.45) is 4.96. The van der Waals surface area contributed by atoms with E-state index in [-0.39, 0.29) is 6.04 Å². The number of piperazine rings is 1. The first kappa shape index (κ1) is 15.6. The van der Waals surface area contributed by atoms with E-state index >= 15 is 0 Å². The predicted molar refractivity (Wildman–Crippen MR) is 88.8 cm³/mol. The van der Waals surface area contributed by atoms with Crippen LogP contribution in [0, 0.1) is 0 Å². The number of hydrogen-bond acceptors (Lipinski definition) is 4. The van der Waals surface area contributed by atoms with Gasteiger partial charge in [0.1, 0.15) is 6.04 Å². The highest BCUT2D eigenvalue weighted by Gasteiger charge is 2.37. The summed E-state index contributed by atoms with van der Waals surface area (Å²) in [5.74, 6) is 1.57. The lowest BCUT2D eigenvalue weighted by molar-refractivity contribution is -0.138. The third-order valence-corrected chi connectivity index (χ3v) is 6.31. The molecule has 5 heteroatoms. The molecule has 0 N–H and O–H groups in total. The molecule has 1 amide bonds. The van der Waals surface area contributed by atoms with Crippen LogP contribution in [-0.4, -0.2) is 83.5 Å². The van der Waals surface area contributed by atoms with Crippen LogP contribution in [-0.2, 0) is 4.79 Å². The minimum Gasteiger partial charge on any atom is -0.340 e. The van der Waals surface area contributed by atoms with E-state index in [2.05, 4.69) is 21.6 Å². The summed E-state index contributed by atoms with van der Waals surface area (Å²) in [5.41, 5.74) is 0. The molecule has 120 valence electrons. The fourth-order valence-corrected chi connectivity index (χ4v) is 5.06. The summed E-state index contributed by atoms with van der Waals surface area (Å²) in [5, 5.41) is 0.653. The lowest BCUT2D eigenvalue weighted by Crippen LogP contribution is -2.58. The number of carbonyl (C=O) groups is 1. The van der Waals surface area contributed by atoms with E-state index in [0.29, 0.717) is 11.2 Å². The number of rotatable bonds is 3. The average Bonchev–Trinajstić information content (AvgIpc) is 2.94. The van der Waals surface area contributed by atoms with Crippen molar-refractivity contribution < 1.29 is 4.79 Å². The second kappa shape index (κ2) is 7.34. The molecule has 4 rings (SSSR count). The van der Waals surface area contributed by atoms with Gasteiger partial charge in [-0.3, -0.25) is 14.6 Å². The van der Waals surface area contributed by atoms with Crippen LogP contribution in [0.1, 0.15) is 32.6 Å². The quantitative estimate of drug-likeness (QED) is 0.789. The molecule has 0 aromatic carbocycles. The van der Waals surface area contributed by atoms with E-state index in [1.165, 1.54) is 32.2 Å². The van der Waals surface area contributed by atoms with Gasteiger partial charge in [0.2, 0.25) is 5.91 Å². The molecule has 0 aromatic rings. The third kappa shape index (κ3) is 3.74. The van der Waals surface area contributed by atoms with Crippen LogP contribution in [0.5, 0.6) is 0 Å². The Bertz CT molecular complexity index is 361. The summed E-state index contributed by atoms with van der Waals surface area (Å²) in [4.78, 5) is 20.2. The van der Waals surface area contributed by atoms with Gasteiger partial charge in [0.05, 0.1) is 0 Å². The summed E-state index contributed by atoms with van der Waals surface area (Å²) >= 11 is 2.03. The number of nitrogens with zero attached hydrogens (tertiary/aromatic N) is 3. The maximum Gasteiger partial charge on any atom is 0.241 e. The maximum absolute atomic E-state index is 13.0. The topological polar surface area (TPSA) is 26.8 Å². The molecule has 21 heavy (non-hydrogen) atoms. The van der Waals surface area contributed by atoms with Gasteiger partial charge in [-0.05, 0) is 31.6 Å². The molecule has 4 atom stereocenters. The zero-order valence-electron chi connectivity index (χ0n) is 13.3. The highest BCUT2D eigenvalue weighted by atomic mass is 32.2. The Morgan fingerprint density at radius 2 is 1.95 bits per heavy atom. The van der Waals surface area contributed by atoms with Crippen molar-refractivity contribution in [3.05, 3.63) is 0 Å². The van der Waals surface area contributed by atoms with Gasteiger partial charge >= 0.3 is 0 Å². The van der Waals surface area contributed by atoms with E-state index in [1.807, 2.05) is 11.8 Å². The van der Waals surface area contributed by atoms with E-state index in [4.69, 9.17) is 0 Å². The molecule has 4 fully saturated rings. The molecule has 0 saturated carbocycles. The second-order valence-electron chi connectivity index (χ2n) is 6.56. The van der Waals surface area contributed by atoms with E-state index in [9.17, 15) is 4.79 Å². The van der Waals surface area contributed by atoms with Crippen molar-refractivity contribution in [2.45, 2.75) is 43.9 Å². The van der Waals surface area contributed by atoms with Crippen molar-refractivity contribution in [2.24, 2.45) is 0 Å². The van der Waals surface area contributed by atoms with Crippen molar-refractivity contribution in [1.82, 2.24) is 14.7 Å². The standard InChI is InChI=1S/C16H29N3OS/c1-2-21-14-6-3-4-8-19(12-14)16(20)15-13-17-7-5-9-18(15)11-10-17/h14-15H,2-13H2,1H3. The normalized spacial score (nSPS) is 37.1. The minimum atomic E-state index is 0.131. The number of fused-ring (bicyclic) bond motifs is 4. The third-order valence-electron chi connectivity index (χ3n) is 5.12. The number of likely N-dealkylation sites (tertiary alicyclic amines) is 1. The van der Waals surface area contributed by atoms with Crippen LogP contribution in [0.4, 0.5) is 0 Å². The van der Waals surface area contributed by atoms with Crippen molar-refractivity contribution in [1.29, 1.82) is 0 Å². The SMILES string of the molecule is CCSC1CCCCN(C(=O)C2CN3CCCN2CC3)C1. The minimum absolute atomic E-state index is 0.131. The predicted octanol–water partition coefficient (Wildman–Crippen LogP) is 1.51. The van der Waals surface area contributed by atoms with E-state index in [1.54, 1.807) is 0 Å². The highest BCUT2D eigenvalue weighted by molar-refractivity contribution is 7.99. The molecule has 4 unspecified atom stereocenters. The van der Waals surface area contributed by atoms with Crippen LogP contribution in [0.25, 0.3) is 0 Å². The summed E-state index contributed by atoms with van der Waals surface area (Å²) in [7, 11) is 0. The molecule has 0 aromatic heterocycles. The van der Waals surface area contributed by atoms with Crippen LogP contribution in [0.15, 0.2) is 0 Å². The monoisotopic (exact) mass is 311 g/mol. The molecule has 4 saturated heterocycles. The Kier molecular flexibility index (Phi) is 5.46. The van der Waals surface area contributed by atoms with Gasteiger partial charge in [0.25, 0.3) is 0 Å². The number of hydrogen-bond donors (Lipinski definition) is 0. The fourth-order valence-electron chi connectivity index (χ4n) is 3.97. The van der Waals surface area contributed by atoms with E-state index < -0.39 is 0 Å². The Balaban J connectivity index is 1.65. The van der Waals surface area contributed by atoms with Crippen LogP contribution in [0.2, 0.25) is 0 Å². The van der Waals surface area contributed by atoms with Crippen LogP contribution >= 0.6 is 11.8 Å². The number of thioether (sulfide) groups is 1. The lowest BCUT2D eigenvalue weighted by Gasteiger charge is -2.39. The summed E-state index contributed by atoms with van der Waals surface area (Å²) in [6.45, 7) is 9.65. The van der Waals surface area contributed by atoms with Gasteiger partial charge < -0.3 is 4.90 Å². The first-order valence-electron chi connectivity index (χ1n) is 8.64. The average molecular weight is 311 g/mol. The van der Waals surface area contributed by atoms with Crippen LogP contribution in [0.3, 0.4) is 0 Å². The van der Waals surface area contributed by atoms with Gasteiger partial charge in [-0.15, -0.1) is 0 Å². The van der Waals surface area contributed by atoms with E-state index in [0.717, 1.165) is 45.0 Å². The number of carbonyl (C=O) groups excluding carboxylic acids is 1. The van der Waals surface area contributed by atoms with Crippen LogP contribution < -0.4 is 0 Å². The maximum atomic E-state index is 13.0. The molecule has 0 aliphatic carbocycles. The van der Waals surface area contributed by atoms with Crippen molar-refractivity contribution in [3.63, 3.8) is 0 Å². The fraction of sp³-hybridized carbons (Fsp3) is 0.938. The Morgan fingerprint density at radius 3 is 2.81 bits per heavy atom. The molecular formula is C16H29N3OS. The van der Waals surface area contributed by atoms with Gasteiger partial charge in [-0.25, -0.2) is 0 Å². The molecule has 0 spiro atoms. The first-order valence-corrected chi connectivity index (χ1v) is 9.69. The Labute approximate surface area is 133 Å². The zero-order chi connectivity index (χ0) is 14.7. The van der Waals surface area contributed by atoms with Gasteiger partial charge in [0, 0.05) is 44.5 Å². The lowest BCUT2D eigenvalue weighted by atomic mass is 10.1. The zero-order valence-corrected chi connectivity index (χ0v) is 14.1. The molecule has 0 radical (unpaired) electrons. The molecule has 4 aliphatic rings. The summed E-state index contributed by atoms with van der Waals surface area (Å²) in [6, 6.07) is 0.131. The van der Waals surface area contributed by atoms with Gasteiger partial charge in [-0.1, -0.05) is 13.3 Å². The first-order chi connectivity index (χ1) is 10.3. The summed E-state index contributed by atoms with van der Waals surface area (Å²) < 4.78 is 0. The molecule has 4 nitrogen and oxygen atoms in total. The molecule has 2 bridgehead atoms. The largest absolute Gasteiger partial charge is 0.340 e. The molecular weight excluding hydrogens is 282 g/mol. The molecule has 4 heterocycles. The Hall–Kier alpha value is -0.260. The molecule has 4 aliphatic heterocycles. The highest BCUT2D eigenvalue weighted by Crippen LogP contribution is 2.24. The Morgan fingerprint density at radius 1 is 1.05 bits per heavy atom. The van der Waals surface area contributed by atoms with Crippen molar-refractivity contribution >= 4 is 17.7 Å². The second-order valence-corrected chi connectivity index (χ2v) is 8.14. The smallest absolute Gasteiger partial charge is 0.241 e.